The second kappa shape index (κ2) is 6.21. The van der Waals surface area contributed by atoms with Gasteiger partial charge in [-0.3, -0.25) is 5.10 Å². The van der Waals surface area contributed by atoms with Crippen molar-refractivity contribution in [2.75, 3.05) is 26.8 Å². The summed E-state index contributed by atoms with van der Waals surface area (Å²) in [7, 11) is -2.15. The average Bonchev–Trinajstić information content (AvgIpc) is 3.15. The summed E-state index contributed by atoms with van der Waals surface area (Å²) >= 11 is 0. The number of aliphatic hydroxyl groups excluding tert-OH is 1. The van der Waals surface area contributed by atoms with E-state index in [9.17, 15) is 8.42 Å². The van der Waals surface area contributed by atoms with Crippen LogP contribution in [0, 0.1) is 12.8 Å². The molecule has 1 aromatic heterocycles. The van der Waals surface area contributed by atoms with Crippen molar-refractivity contribution in [1.82, 2.24) is 14.5 Å². The first-order valence-electron chi connectivity index (χ1n) is 6.65. The highest BCUT2D eigenvalue weighted by molar-refractivity contribution is 7.89. The molecule has 1 heterocycles. The highest BCUT2D eigenvalue weighted by Crippen LogP contribution is 2.28. The Labute approximate surface area is 119 Å². The maximum atomic E-state index is 12.4. The number of sulfonamides is 1. The Morgan fingerprint density at radius 2 is 2.20 bits per heavy atom. The van der Waals surface area contributed by atoms with Crippen LogP contribution in [-0.2, 0) is 21.4 Å². The normalized spacial score (nSPS) is 16.0. The molecular formula is C12H21N3O4S. The van der Waals surface area contributed by atoms with E-state index in [1.54, 1.807) is 6.92 Å². The maximum absolute atomic E-state index is 12.4. The minimum atomic E-state index is -3.65. The van der Waals surface area contributed by atoms with Crippen LogP contribution in [-0.4, -0.2) is 54.8 Å². The van der Waals surface area contributed by atoms with Crippen molar-refractivity contribution in [2.45, 2.75) is 31.3 Å². The lowest BCUT2D eigenvalue weighted by atomic mass is 10.4. The molecular weight excluding hydrogens is 282 g/mol. The number of aliphatic hydroxyl groups is 1. The summed E-state index contributed by atoms with van der Waals surface area (Å²) in [6.45, 7) is 2.57. The minimum absolute atomic E-state index is 0.0599. The van der Waals surface area contributed by atoms with Gasteiger partial charge in [0.2, 0.25) is 10.0 Å². The lowest BCUT2D eigenvalue weighted by molar-refractivity contribution is 0.117. The molecule has 8 heteroatoms. The molecule has 0 saturated heterocycles. The predicted molar refractivity (Wildman–Crippen MR) is 72.6 cm³/mol. The molecule has 1 aliphatic rings. The van der Waals surface area contributed by atoms with Crippen LogP contribution < -0.4 is 0 Å². The number of hydrogen-bond donors (Lipinski definition) is 2. The first-order valence-corrected chi connectivity index (χ1v) is 8.09. The van der Waals surface area contributed by atoms with Gasteiger partial charge in [-0.15, -0.1) is 0 Å². The number of nitrogens with one attached hydrogen (secondary N) is 1. The van der Waals surface area contributed by atoms with E-state index in [4.69, 9.17) is 9.84 Å². The number of aromatic nitrogens is 2. The Morgan fingerprint density at radius 3 is 2.80 bits per heavy atom. The zero-order valence-electron chi connectivity index (χ0n) is 11.8. The van der Waals surface area contributed by atoms with E-state index in [-0.39, 0.29) is 17.1 Å². The van der Waals surface area contributed by atoms with Crippen molar-refractivity contribution in [3.05, 3.63) is 11.4 Å². The maximum Gasteiger partial charge on any atom is 0.246 e. The smallest absolute Gasteiger partial charge is 0.246 e. The standard InChI is InChI=1S/C12H21N3O4S/c1-9-12(11(7-16)14-13-9)20(17,18)15(2)5-6-19-8-10-3-4-10/h10,16H,3-8H2,1-2H3,(H,13,14). The lowest BCUT2D eigenvalue weighted by Gasteiger charge is -2.17. The summed E-state index contributed by atoms with van der Waals surface area (Å²) in [5, 5.41) is 15.6. The molecule has 2 N–H and O–H groups in total. The number of aromatic amines is 1. The number of rotatable bonds is 8. The molecule has 1 saturated carbocycles. The third kappa shape index (κ3) is 3.38. The van der Waals surface area contributed by atoms with E-state index in [0.717, 1.165) is 0 Å². The molecule has 20 heavy (non-hydrogen) atoms. The van der Waals surface area contributed by atoms with Gasteiger partial charge >= 0.3 is 0 Å². The van der Waals surface area contributed by atoms with Crippen LogP contribution in [0.2, 0.25) is 0 Å². The molecule has 0 bridgehead atoms. The van der Waals surface area contributed by atoms with E-state index in [0.29, 0.717) is 24.8 Å². The largest absolute Gasteiger partial charge is 0.390 e. The fourth-order valence-electron chi connectivity index (χ4n) is 1.92. The zero-order chi connectivity index (χ0) is 14.8. The van der Waals surface area contributed by atoms with Crippen molar-refractivity contribution in [1.29, 1.82) is 0 Å². The van der Waals surface area contributed by atoms with E-state index in [2.05, 4.69) is 10.2 Å². The molecule has 0 aromatic carbocycles. The summed E-state index contributed by atoms with van der Waals surface area (Å²) in [6, 6.07) is 0. The highest BCUT2D eigenvalue weighted by Gasteiger charge is 2.28. The van der Waals surface area contributed by atoms with Crippen molar-refractivity contribution < 1.29 is 18.3 Å². The van der Waals surface area contributed by atoms with E-state index in [1.807, 2.05) is 0 Å². The summed E-state index contributed by atoms with van der Waals surface area (Å²) < 4.78 is 31.5. The number of hydrogen-bond acceptors (Lipinski definition) is 5. The fraction of sp³-hybridized carbons (Fsp3) is 0.750. The third-order valence-electron chi connectivity index (χ3n) is 3.38. The van der Waals surface area contributed by atoms with Gasteiger partial charge in [0.15, 0.2) is 0 Å². The van der Waals surface area contributed by atoms with Crippen LogP contribution in [0.3, 0.4) is 0 Å². The van der Waals surface area contributed by atoms with Crippen molar-refractivity contribution in [3.63, 3.8) is 0 Å². The van der Waals surface area contributed by atoms with Crippen LogP contribution in [0.1, 0.15) is 24.2 Å². The van der Waals surface area contributed by atoms with Crippen molar-refractivity contribution >= 4 is 10.0 Å². The van der Waals surface area contributed by atoms with Crippen molar-refractivity contribution in [3.8, 4) is 0 Å². The van der Waals surface area contributed by atoms with Crippen LogP contribution in [0.5, 0.6) is 0 Å². The highest BCUT2D eigenvalue weighted by atomic mass is 32.2. The molecule has 1 aromatic rings. The minimum Gasteiger partial charge on any atom is -0.390 e. The number of H-pyrrole nitrogens is 1. The average molecular weight is 303 g/mol. The molecule has 1 aliphatic carbocycles. The Bertz CT molecular complexity index is 551. The molecule has 0 aliphatic heterocycles. The molecule has 0 radical (unpaired) electrons. The SMILES string of the molecule is Cc1[nH]nc(CO)c1S(=O)(=O)N(C)CCOCC1CC1. The molecule has 0 amide bonds. The summed E-state index contributed by atoms with van der Waals surface area (Å²) in [4.78, 5) is 0.0599. The van der Waals surface area contributed by atoms with Gasteiger partial charge in [0.05, 0.1) is 18.9 Å². The zero-order valence-corrected chi connectivity index (χ0v) is 12.6. The third-order valence-corrected chi connectivity index (χ3v) is 5.44. The van der Waals surface area contributed by atoms with E-state index in [1.165, 1.54) is 24.2 Å². The van der Waals surface area contributed by atoms with Crippen molar-refractivity contribution in [2.24, 2.45) is 5.92 Å². The number of aryl methyl sites for hydroxylation is 1. The van der Waals surface area contributed by atoms with Crippen LogP contribution in [0.25, 0.3) is 0 Å². The van der Waals surface area contributed by atoms with Crippen LogP contribution >= 0.6 is 0 Å². The fourth-order valence-corrected chi connectivity index (χ4v) is 3.39. The van der Waals surface area contributed by atoms with E-state index >= 15 is 0 Å². The van der Waals surface area contributed by atoms with Gasteiger partial charge in [0.1, 0.15) is 10.6 Å². The molecule has 2 rings (SSSR count). The van der Waals surface area contributed by atoms with Gasteiger partial charge in [0, 0.05) is 20.2 Å². The van der Waals surface area contributed by atoms with Gasteiger partial charge in [-0.05, 0) is 25.7 Å². The quantitative estimate of drug-likeness (QED) is 0.672. The summed E-state index contributed by atoms with van der Waals surface area (Å²) in [6.07, 6.45) is 2.42. The first kappa shape index (κ1) is 15.4. The Hall–Kier alpha value is -0.960. The molecule has 0 atom stereocenters. The monoisotopic (exact) mass is 303 g/mol. The number of nitrogens with zero attached hydrogens (tertiary/aromatic N) is 2. The second-order valence-corrected chi connectivity index (χ2v) is 7.11. The predicted octanol–water partition coefficient (Wildman–Crippen LogP) is 0.258. The first-order chi connectivity index (χ1) is 9.46. The molecule has 0 spiro atoms. The molecule has 0 unspecified atom stereocenters. The van der Waals surface area contributed by atoms with Crippen LogP contribution in [0.4, 0.5) is 0 Å². The number of ether oxygens (including phenoxy) is 1. The second-order valence-electron chi connectivity index (χ2n) is 5.13. The van der Waals surface area contributed by atoms with E-state index < -0.39 is 16.6 Å². The van der Waals surface area contributed by atoms with Gasteiger partial charge in [-0.2, -0.15) is 9.40 Å². The van der Waals surface area contributed by atoms with Gasteiger partial charge in [0.25, 0.3) is 0 Å². The van der Waals surface area contributed by atoms with Crippen LogP contribution in [0.15, 0.2) is 4.90 Å². The van der Waals surface area contributed by atoms with Gasteiger partial charge < -0.3 is 9.84 Å². The molecule has 1 fully saturated rings. The lowest BCUT2D eigenvalue weighted by Crippen LogP contribution is -2.31. The molecule has 114 valence electrons. The Balaban J connectivity index is 1.98. The van der Waals surface area contributed by atoms with Gasteiger partial charge in [-0.1, -0.05) is 0 Å². The summed E-state index contributed by atoms with van der Waals surface area (Å²) in [5.74, 6) is 0.661. The Kier molecular flexibility index (Phi) is 4.79. The number of likely N-dealkylation sites (N-methyl/N-ethyl adjacent to an activating group) is 1. The Morgan fingerprint density at radius 1 is 1.50 bits per heavy atom. The molecule has 7 nitrogen and oxygen atoms in total. The topological polar surface area (TPSA) is 95.5 Å². The van der Waals surface area contributed by atoms with Gasteiger partial charge in [-0.25, -0.2) is 8.42 Å². The summed E-state index contributed by atoms with van der Waals surface area (Å²) in [5.41, 5.74) is 0.577.